The van der Waals surface area contributed by atoms with Crippen molar-refractivity contribution in [2.45, 2.75) is 12.5 Å². The third-order valence-corrected chi connectivity index (χ3v) is 2.14. The van der Waals surface area contributed by atoms with Crippen molar-refractivity contribution in [1.82, 2.24) is 0 Å². The summed E-state index contributed by atoms with van der Waals surface area (Å²) in [5, 5.41) is 0.721. The molecular formula is C10H12ClN. The molecule has 0 fully saturated rings. The molecular weight excluding hydrogens is 170 g/mol. The first kappa shape index (κ1) is 9.30. The summed E-state index contributed by atoms with van der Waals surface area (Å²) in [6.45, 7) is 5.58. The topological polar surface area (TPSA) is 26.0 Å². The molecule has 0 aliphatic rings. The van der Waals surface area contributed by atoms with Gasteiger partial charge >= 0.3 is 0 Å². The predicted molar refractivity (Wildman–Crippen MR) is 53.2 cm³/mol. The maximum absolute atomic E-state index is 5.93. The number of hydrogen-bond acceptors (Lipinski definition) is 1. The number of rotatable bonds is 2. The van der Waals surface area contributed by atoms with Crippen molar-refractivity contribution >= 4 is 11.6 Å². The Labute approximate surface area is 77.8 Å². The fourth-order valence-electron chi connectivity index (χ4n) is 0.927. The largest absolute Gasteiger partial charge is 0.318 e. The van der Waals surface area contributed by atoms with Gasteiger partial charge < -0.3 is 5.73 Å². The fraction of sp³-hybridized carbons (Fsp3) is 0.200. The molecule has 0 aliphatic heterocycles. The van der Waals surface area contributed by atoms with E-state index in [4.69, 9.17) is 17.3 Å². The maximum Gasteiger partial charge on any atom is 0.0564 e. The first-order valence-electron chi connectivity index (χ1n) is 3.75. The molecule has 0 saturated heterocycles. The van der Waals surface area contributed by atoms with Gasteiger partial charge in [-0.1, -0.05) is 29.8 Å². The monoisotopic (exact) mass is 181 g/mol. The van der Waals surface area contributed by atoms with Crippen LogP contribution in [0.3, 0.4) is 0 Å². The highest BCUT2D eigenvalue weighted by Gasteiger charge is 2.15. The SMILES string of the molecule is C=CC(C)(N)c1ccc(Cl)cc1. The average molecular weight is 182 g/mol. The highest BCUT2D eigenvalue weighted by Crippen LogP contribution is 2.20. The van der Waals surface area contributed by atoms with Gasteiger partial charge in [0.15, 0.2) is 0 Å². The molecule has 64 valence electrons. The molecule has 0 aromatic heterocycles. The van der Waals surface area contributed by atoms with Gasteiger partial charge in [0.25, 0.3) is 0 Å². The number of benzene rings is 1. The minimum Gasteiger partial charge on any atom is -0.318 e. The van der Waals surface area contributed by atoms with Crippen LogP contribution in [0.4, 0.5) is 0 Å². The first-order valence-corrected chi connectivity index (χ1v) is 4.12. The lowest BCUT2D eigenvalue weighted by Crippen LogP contribution is -2.29. The Morgan fingerprint density at radius 3 is 2.33 bits per heavy atom. The van der Waals surface area contributed by atoms with E-state index in [2.05, 4.69) is 6.58 Å². The Bertz CT molecular complexity index is 274. The van der Waals surface area contributed by atoms with Crippen LogP contribution in [0.2, 0.25) is 5.02 Å². The zero-order valence-corrected chi connectivity index (χ0v) is 7.81. The molecule has 1 unspecified atom stereocenters. The van der Waals surface area contributed by atoms with Gasteiger partial charge in [0.1, 0.15) is 0 Å². The van der Waals surface area contributed by atoms with E-state index in [0.717, 1.165) is 10.6 Å². The normalized spacial score (nSPS) is 15.2. The van der Waals surface area contributed by atoms with Crippen molar-refractivity contribution in [3.05, 3.63) is 47.5 Å². The lowest BCUT2D eigenvalue weighted by Gasteiger charge is -2.20. The Morgan fingerprint density at radius 1 is 1.42 bits per heavy atom. The molecule has 0 amide bonds. The fourth-order valence-corrected chi connectivity index (χ4v) is 1.05. The van der Waals surface area contributed by atoms with Crippen molar-refractivity contribution in [3.63, 3.8) is 0 Å². The molecule has 1 rings (SSSR count). The second-order valence-electron chi connectivity index (χ2n) is 2.99. The van der Waals surface area contributed by atoms with Gasteiger partial charge in [0.2, 0.25) is 0 Å². The third-order valence-electron chi connectivity index (χ3n) is 1.89. The standard InChI is InChI=1S/C10H12ClN/c1-3-10(2,12)8-4-6-9(11)7-5-8/h3-7H,1,12H2,2H3. The van der Waals surface area contributed by atoms with Gasteiger partial charge in [0, 0.05) is 5.02 Å². The number of nitrogens with two attached hydrogens (primary N) is 1. The van der Waals surface area contributed by atoms with Crippen molar-refractivity contribution < 1.29 is 0 Å². The van der Waals surface area contributed by atoms with Crippen LogP contribution in [-0.2, 0) is 5.54 Å². The maximum atomic E-state index is 5.93. The van der Waals surface area contributed by atoms with E-state index in [1.807, 2.05) is 31.2 Å². The summed E-state index contributed by atoms with van der Waals surface area (Å²) < 4.78 is 0. The van der Waals surface area contributed by atoms with Gasteiger partial charge in [0.05, 0.1) is 5.54 Å². The molecule has 1 aromatic carbocycles. The van der Waals surface area contributed by atoms with Crippen molar-refractivity contribution in [1.29, 1.82) is 0 Å². The molecule has 0 heterocycles. The summed E-state index contributed by atoms with van der Waals surface area (Å²) in [7, 11) is 0. The Kier molecular flexibility index (Phi) is 2.55. The summed E-state index contributed by atoms with van der Waals surface area (Å²) in [5.74, 6) is 0. The lowest BCUT2D eigenvalue weighted by molar-refractivity contribution is 0.632. The van der Waals surface area contributed by atoms with Crippen LogP contribution >= 0.6 is 11.6 Å². The summed E-state index contributed by atoms with van der Waals surface area (Å²) in [5.41, 5.74) is 6.47. The zero-order chi connectivity index (χ0) is 9.19. The molecule has 2 heteroatoms. The smallest absolute Gasteiger partial charge is 0.0564 e. The summed E-state index contributed by atoms with van der Waals surface area (Å²) >= 11 is 5.74. The third kappa shape index (κ3) is 1.87. The number of hydrogen-bond donors (Lipinski definition) is 1. The average Bonchev–Trinajstić information content (AvgIpc) is 2.05. The molecule has 0 saturated carbocycles. The van der Waals surface area contributed by atoms with Crippen LogP contribution in [0.25, 0.3) is 0 Å². The van der Waals surface area contributed by atoms with Crippen molar-refractivity contribution in [2.75, 3.05) is 0 Å². The van der Waals surface area contributed by atoms with Gasteiger partial charge in [-0.3, -0.25) is 0 Å². The minimum absolute atomic E-state index is 0.468. The van der Waals surface area contributed by atoms with Crippen molar-refractivity contribution in [2.24, 2.45) is 5.73 Å². The Morgan fingerprint density at radius 2 is 1.92 bits per heavy atom. The summed E-state index contributed by atoms with van der Waals surface area (Å²) in [6, 6.07) is 7.46. The molecule has 1 nitrogen and oxygen atoms in total. The van der Waals surface area contributed by atoms with Crippen LogP contribution < -0.4 is 5.73 Å². The van der Waals surface area contributed by atoms with E-state index in [0.29, 0.717) is 0 Å². The highest BCUT2D eigenvalue weighted by molar-refractivity contribution is 6.30. The zero-order valence-electron chi connectivity index (χ0n) is 7.05. The Hall–Kier alpha value is -0.790. The van der Waals surface area contributed by atoms with Gasteiger partial charge in [-0.15, -0.1) is 6.58 Å². The van der Waals surface area contributed by atoms with Crippen LogP contribution in [-0.4, -0.2) is 0 Å². The van der Waals surface area contributed by atoms with E-state index < -0.39 is 5.54 Å². The van der Waals surface area contributed by atoms with E-state index in [1.165, 1.54) is 0 Å². The molecule has 2 N–H and O–H groups in total. The van der Waals surface area contributed by atoms with E-state index in [1.54, 1.807) is 6.08 Å². The molecule has 0 aliphatic carbocycles. The Balaban J connectivity index is 3.04. The van der Waals surface area contributed by atoms with E-state index in [-0.39, 0.29) is 0 Å². The summed E-state index contributed by atoms with van der Waals surface area (Å²) in [4.78, 5) is 0. The van der Waals surface area contributed by atoms with Crippen LogP contribution in [0.5, 0.6) is 0 Å². The first-order chi connectivity index (χ1) is 5.56. The second-order valence-corrected chi connectivity index (χ2v) is 3.43. The predicted octanol–water partition coefficient (Wildman–Crippen LogP) is 2.70. The highest BCUT2D eigenvalue weighted by atomic mass is 35.5. The van der Waals surface area contributed by atoms with Crippen LogP contribution in [0, 0.1) is 0 Å². The van der Waals surface area contributed by atoms with Crippen LogP contribution in [0.15, 0.2) is 36.9 Å². The molecule has 1 aromatic rings. The minimum atomic E-state index is -0.468. The second kappa shape index (κ2) is 3.30. The van der Waals surface area contributed by atoms with E-state index in [9.17, 15) is 0 Å². The molecule has 12 heavy (non-hydrogen) atoms. The molecule has 0 radical (unpaired) electrons. The van der Waals surface area contributed by atoms with Gasteiger partial charge in [-0.25, -0.2) is 0 Å². The lowest BCUT2D eigenvalue weighted by atomic mass is 9.94. The van der Waals surface area contributed by atoms with Crippen molar-refractivity contribution in [3.8, 4) is 0 Å². The quantitative estimate of drug-likeness (QED) is 0.698. The number of halogens is 1. The van der Waals surface area contributed by atoms with Gasteiger partial charge in [-0.2, -0.15) is 0 Å². The van der Waals surface area contributed by atoms with Crippen LogP contribution in [0.1, 0.15) is 12.5 Å². The molecule has 1 atom stereocenters. The summed E-state index contributed by atoms with van der Waals surface area (Å²) in [6.07, 6.45) is 1.72. The molecule has 0 spiro atoms. The van der Waals surface area contributed by atoms with E-state index >= 15 is 0 Å². The molecule has 0 bridgehead atoms. The van der Waals surface area contributed by atoms with Gasteiger partial charge in [-0.05, 0) is 24.6 Å².